The Labute approximate surface area is 103 Å². The van der Waals surface area contributed by atoms with Gasteiger partial charge in [-0.15, -0.1) is 5.10 Å². The highest BCUT2D eigenvalue weighted by atomic mass is 127. The van der Waals surface area contributed by atoms with E-state index in [0.29, 0.717) is 0 Å². The third-order valence-corrected chi connectivity index (χ3v) is 2.98. The molecule has 72 valence electrons. The average molecular weight is 365 g/mol. The van der Waals surface area contributed by atoms with Crippen LogP contribution in [-0.2, 0) is 0 Å². The number of aromatic hydroxyl groups is 1. The summed E-state index contributed by atoms with van der Waals surface area (Å²) < 4.78 is 3.37. The van der Waals surface area contributed by atoms with Gasteiger partial charge in [-0.05, 0) is 40.8 Å². The van der Waals surface area contributed by atoms with Crippen molar-refractivity contribution < 1.29 is 5.11 Å². The van der Waals surface area contributed by atoms with E-state index in [2.05, 4.69) is 21.0 Å². The molecule has 0 fully saturated rings. The first-order chi connectivity index (χ1) is 6.66. The second-order valence-electron chi connectivity index (χ2n) is 2.73. The van der Waals surface area contributed by atoms with E-state index in [-0.39, 0.29) is 5.88 Å². The topological polar surface area (TPSA) is 38.1 Å². The van der Waals surface area contributed by atoms with Crippen molar-refractivity contribution in [2.75, 3.05) is 0 Å². The van der Waals surface area contributed by atoms with Gasteiger partial charge in [-0.1, -0.05) is 22.0 Å². The van der Waals surface area contributed by atoms with E-state index < -0.39 is 0 Å². The molecular weight excluding hydrogens is 359 g/mol. The van der Waals surface area contributed by atoms with Crippen LogP contribution in [0.25, 0.3) is 5.69 Å². The van der Waals surface area contributed by atoms with Crippen molar-refractivity contribution in [3.8, 4) is 11.6 Å². The van der Waals surface area contributed by atoms with E-state index in [0.717, 1.165) is 13.7 Å². The van der Waals surface area contributed by atoms with E-state index in [1.807, 2.05) is 46.9 Å². The second kappa shape index (κ2) is 3.90. The Balaban J connectivity index is 2.49. The van der Waals surface area contributed by atoms with Crippen LogP contribution in [-0.4, -0.2) is 14.9 Å². The SMILES string of the molecule is Oc1nn(-c2cccc(Br)c2)cc1I. The van der Waals surface area contributed by atoms with Gasteiger partial charge in [-0.2, -0.15) is 0 Å². The maximum absolute atomic E-state index is 9.32. The normalized spacial score (nSPS) is 10.4. The number of benzene rings is 1. The lowest BCUT2D eigenvalue weighted by atomic mass is 10.3. The van der Waals surface area contributed by atoms with Gasteiger partial charge in [0.05, 0.1) is 9.26 Å². The lowest BCUT2D eigenvalue weighted by Gasteiger charge is -2.00. The van der Waals surface area contributed by atoms with Crippen LogP contribution in [0.15, 0.2) is 34.9 Å². The van der Waals surface area contributed by atoms with Crippen LogP contribution in [0.2, 0.25) is 0 Å². The van der Waals surface area contributed by atoms with E-state index >= 15 is 0 Å². The molecule has 0 saturated carbocycles. The van der Waals surface area contributed by atoms with Crippen LogP contribution in [0.1, 0.15) is 0 Å². The van der Waals surface area contributed by atoms with Crippen molar-refractivity contribution in [3.63, 3.8) is 0 Å². The van der Waals surface area contributed by atoms with E-state index in [1.54, 1.807) is 10.9 Å². The minimum absolute atomic E-state index is 0.0607. The molecule has 1 aromatic carbocycles. The Kier molecular flexibility index (Phi) is 2.78. The minimum atomic E-state index is 0.0607. The molecule has 0 aliphatic heterocycles. The van der Waals surface area contributed by atoms with Crippen LogP contribution in [0.3, 0.4) is 0 Å². The second-order valence-corrected chi connectivity index (χ2v) is 4.80. The summed E-state index contributed by atoms with van der Waals surface area (Å²) in [6, 6.07) is 7.72. The Bertz CT molecular complexity index is 450. The molecule has 0 radical (unpaired) electrons. The average Bonchev–Trinajstić information content (AvgIpc) is 2.47. The fourth-order valence-electron chi connectivity index (χ4n) is 1.09. The molecule has 0 aliphatic carbocycles. The Hall–Kier alpha value is -0.560. The van der Waals surface area contributed by atoms with Crippen LogP contribution >= 0.6 is 38.5 Å². The monoisotopic (exact) mass is 364 g/mol. The fourth-order valence-corrected chi connectivity index (χ4v) is 1.85. The molecule has 0 spiro atoms. The molecule has 2 rings (SSSR count). The highest BCUT2D eigenvalue weighted by Crippen LogP contribution is 2.20. The molecule has 0 saturated heterocycles. The molecule has 1 N–H and O–H groups in total. The summed E-state index contributed by atoms with van der Waals surface area (Å²) >= 11 is 5.41. The third kappa shape index (κ3) is 1.93. The predicted molar refractivity (Wildman–Crippen MR) is 65.6 cm³/mol. The summed E-state index contributed by atoms with van der Waals surface area (Å²) in [5.74, 6) is 0.0607. The lowest BCUT2D eigenvalue weighted by molar-refractivity contribution is 0.444. The van der Waals surface area contributed by atoms with Crippen molar-refractivity contribution in [2.45, 2.75) is 0 Å². The number of hydrogen-bond acceptors (Lipinski definition) is 2. The summed E-state index contributed by atoms with van der Waals surface area (Å²) in [5, 5.41) is 13.3. The molecule has 5 heteroatoms. The first-order valence-corrected chi connectivity index (χ1v) is 5.74. The van der Waals surface area contributed by atoms with Crippen LogP contribution in [0.4, 0.5) is 0 Å². The van der Waals surface area contributed by atoms with Crippen molar-refractivity contribution in [1.82, 2.24) is 9.78 Å². The van der Waals surface area contributed by atoms with Gasteiger partial charge in [0.15, 0.2) is 0 Å². The van der Waals surface area contributed by atoms with Gasteiger partial charge >= 0.3 is 0 Å². The van der Waals surface area contributed by atoms with Gasteiger partial charge in [-0.25, -0.2) is 4.68 Å². The van der Waals surface area contributed by atoms with Crippen molar-refractivity contribution in [1.29, 1.82) is 0 Å². The molecule has 0 amide bonds. The molecule has 3 nitrogen and oxygen atoms in total. The van der Waals surface area contributed by atoms with Crippen molar-refractivity contribution >= 4 is 38.5 Å². The maximum Gasteiger partial charge on any atom is 0.244 e. The quantitative estimate of drug-likeness (QED) is 0.790. The molecule has 0 bridgehead atoms. The van der Waals surface area contributed by atoms with E-state index in [9.17, 15) is 5.11 Å². The van der Waals surface area contributed by atoms with Gasteiger partial charge < -0.3 is 5.11 Å². The van der Waals surface area contributed by atoms with Gasteiger partial charge in [-0.3, -0.25) is 0 Å². The van der Waals surface area contributed by atoms with Crippen molar-refractivity contribution in [2.24, 2.45) is 0 Å². The zero-order chi connectivity index (χ0) is 10.1. The zero-order valence-electron chi connectivity index (χ0n) is 6.98. The van der Waals surface area contributed by atoms with E-state index in [1.165, 1.54) is 0 Å². The highest BCUT2D eigenvalue weighted by molar-refractivity contribution is 14.1. The van der Waals surface area contributed by atoms with Gasteiger partial charge in [0.2, 0.25) is 5.88 Å². The summed E-state index contributed by atoms with van der Waals surface area (Å²) in [5.41, 5.74) is 0.914. The third-order valence-electron chi connectivity index (χ3n) is 1.72. The molecule has 0 atom stereocenters. The summed E-state index contributed by atoms with van der Waals surface area (Å²) in [6.45, 7) is 0. The molecule has 1 heterocycles. The van der Waals surface area contributed by atoms with Gasteiger partial charge in [0.1, 0.15) is 0 Å². The van der Waals surface area contributed by atoms with E-state index in [4.69, 9.17) is 0 Å². The molecule has 1 aromatic heterocycles. The molecule has 2 aromatic rings. The Morgan fingerprint density at radius 2 is 2.21 bits per heavy atom. The number of halogens is 2. The van der Waals surface area contributed by atoms with Gasteiger partial charge in [0, 0.05) is 10.7 Å². The molecule has 0 unspecified atom stereocenters. The first-order valence-electron chi connectivity index (χ1n) is 3.87. The first kappa shape index (κ1) is 9.97. The predicted octanol–water partition coefficient (Wildman–Crippen LogP) is 2.95. The number of aromatic nitrogens is 2. The minimum Gasteiger partial charge on any atom is -0.491 e. The van der Waals surface area contributed by atoms with Crippen LogP contribution in [0.5, 0.6) is 5.88 Å². The number of nitrogens with zero attached hydrogens (tertiary/aromatic N) is 2. The van der Waals surface area contributed by atoms with Gasteiger partial charge in [0.25, 0.3) is 0 Å². The van der Waals surface area contributed by atoms with Crippen molar-refractivity contribution in [3.05, 3.63) is 38.5 Å². The highest BCUT2D eigenvalue weighted by Gasteiger charge is 2.05. The number of rotatable bonds is 1. The summed E-state index contributed by atoms with van der Waals surface area (Å²) in [6.07, 6.45) is 1.78. The Morgan fingerprint density at radius 3 is 2.79 bits per heavy atom. The molecule has 14 heavy (non-hydrogen) atoms. The number of hydrogen-bond donors (Lipinski definition) is 1. The largest absolute Gasteiger partial charge is 0.491 e. The maximum atomic E-state index is 9.32. The zero-order valence-corrected chi connectivity index (χ0v) is 10.7. The standard InChI is InChI=1S/C9H6BrIN2O/c10-6-2-1-3-7(4-6)13-5-8(11)9(14)12-13/h1-5H,(H,12,14). The fraction of sp³-hybridized carbons (Fsp3) is 0. The summed E-state index contributed by atoms with van der Waals surface area (Å²) in [7, 11) is 0. The van der Waals surface area contributed by atoms with Crippen LogP contribution < -0.4 is 0 Å². The molecular formula is C9H6BrIN2O. The Morgan fingerprint density at radius 1 is 1.43 bits per heavy atom. The summed E-state index contributed by atoms with van der Waals surface area (Å²) in [4.78, 5) is 0. The van der Waals surface area contributed by atoms with Crippen LogP contribution in [0, 0.1) is 3.57 Å². The lowest BCUT2D eigenvalue weighted by Crippen LogP contribution is -1.93. The molecule has 0 aliphatic rings. The smallest absolute Gasteiger partial charge is 0.244 e.